The molecule has 3 N–H and O–H groups in total. The molecule has 0 amide bonds. The van der Waals surface area contributed by atoms with E-state index in [1.807, 2.05) is 24.3 Å². The molecule has 1 aromatic heterocycles. The molecule has 5 nitrogen and oxygen atoms in total. The third-order valence-electron chi connectivity index (χ3n) is 2.48. The SMILES string of the molecule is COc1ccc(OCCNCc2cnc(N)s2)cc1. The molecule has 19 heavy (non-hydrogen) atoms. The minimum atomic E-state index is 0.603. The van der Waals surface area contributed by atoms with Crippen LogP contribution in [0.3, 0.4) is 0 Å². The van der Waals surface area contributed by atoms with Gasteiger partial charge in [-0.3, -0.25) is 0 Å². The van der Waals surface area contributed by atoms with Crippen molar-refractivity contribution in [3.8, 4) is 11.5 Å². The van der Waals surface area contributed by atoms with Gasteiger partial charge in [0.05, 0.1) is 7.11 Å². The van der Waals surface area contributed by atoms with E-state index in [0.29, 0.717) is 11.7 Å². The van der Waals surface area contributed by atoms with Crippen molar-refractivity contribution in [3.63, 3.8) is 0 Å². The Morgan fingerprint density at radius 3 is 2.63 bits per heavy atom. The van der Waals surface area contributed by atoms with Crippen LogP contribution in [0.25, 0.3) is 0 Å². The number of thiazole rings is 1. The van der Waals surface area contributed by atoms with Gasteiger partial charge in [0.15, 0.2) is 5.13 Å². The van der Waals surface area contributed by atoms with Gasteiger partial charge in [-0.15, -0.1) is 11.3 Å². The van der Waals surface area contributed by atoms with E-state index >= 15 is 0 Å². The van der Waals surface area contributed by atoms with Crippen molar-refractivity contribution in [1.29, 1.82) is 0 Å². The van der Waals surface area contributed by atoms with E-state index in [-0.39, 0.29) is 0 Å². The average molecular weight is 279 g/mol. The van der Waals surface area contributed by atoms with Gasteiger partial charge < -0.3 is 20.5 Å². The predicted octanol–water partition coefficient (Wildman–Crippen LogP) is 1.90. The summed E-state index contributed by atoms with van der Waals surface area (Å²) < 4.78 is 10.7. The third kappa shape index (κ3) is 4.42. The van der Waals surface area contributed by atoms with Crippen LogP contribution in [0, 0.1) is 0 Å². The van der Waals surface area contributed by atoms with E-state index < -0.39 is 0 Å². The van der Waals surface area contributed by atoms with Gasteiger partial charge in [-0.05, 0) is 24.3 Å². The van der Waals surface area contributed by atoms with E-state index in [2.05, 4.69) is 10.3 Å². The van der Waals surface area contributed by atoms with E-state index in [4.69, 9.17) is 15.2 Å². The quantitative estimate of drug-likeness (QED) is 0.758. The zero-order valence-electron chi connectivity index (χ0n) is 10.8. The number of nitrogens with two attached hydrogens (primary N) is 1. The van der Waals surface area contributed by atoms with Gasteiger partial charge in [0.25, 0.3) is 0 Å². The molecular formula is C13H17N3O2S. The Kier molecular flexibility index (Phi) is 5.00. The van der Waals surface area contributed by atoms with Crippen molar-refractivity contribution in [2.24, 2.45) is 0 Å². The van der Waals surface area contributed by atoms with Crippen LogP contribution in [-0.4, -0.2) is 25.2 Å². The molecule has 0 saturated carbocycles. The average Bonchev–Trinajstić information content (AvgIpc) is 2.85. The number of ether oxygens (including phenoxy) is 2. The smallest absolute Gasteiger partial charge is 0.180 e. The molecule has 0 aliphatic rings. The highest BCUT2D eigenvalue weighted by Crippen LogP contribution is 2.16. The van der Waals surface area contributed by atoms with Crippen molar-refractivity contribution in [2.45, 2.75) is 6.54 Å². The highest BCUT2D eigenvalue weighted by Gasteiger charge is 1.98. The molecule has 0 atom stereocenters. The summed E-state index contributed by atoms with van der Waals surface area (Å²) in [5, 5.41) is 3.88. The van der Waals surface area contributed by atoms with Gasteiger partial charge in [-0.1, -0.05) is 0 Å². The lowest BCUT2D eigenvalue weighted by molar-refractivity contribution is 0.313. The van der Waals surface area contributed by atoms with Crippen LogP contribution in [0.5, 0.6) is 11.5 Å². The normalized spacial score (nSPS) is 10.4. The summed E-state index contributed by atoms with van der Waals surface area (Å²) in [7, 11) is 1.64. The highest BCUT2D eigenvalue weighted by molar-refractivity contribution is 7.15. The summed E-state index contributed by atoms with van der Waals surface area (Å²) in [6.07, 6.45) is 1.79. The lowest BCUT2D eigenvalue weighted by Crippen LogP contribution is -2.20. The molecule has 0 saturated heterocycles. The minimum Gasteiger partial charge on any atom is -0.497 e. The standard InChI is InChI=1S/C13H17N3O2S/c1-17-10-2-4-11(5-3-10)18-7-6-15-8-12-9-16-13(14)19-12/h2-5,9,15H,6-8H2,1H3,(H2,14,16). The molecular weight excluding hydrogens is 262 g/mol. The maximum Gasteiger partial charge on any atom is 0.180 e. The highest BCUT2D eigenvalue weighted by atomic mass is 32.1. The Morgan fingerprint density at radius 1 is 1.26 bits per heavy atom. The van der Waals surface area contributed by atoms with Crippen LogP contribution in [0.15, 0.2) is 30.5 Å². The maximum absolute atomic E-state index is 5.59. The molecule has 0 aliphatic carbocycles. The number of benzene rings is 1. The van der Waals surface area contributed by atoms with Crippen LogP contribution >= 0.6 is 11.3 Å². The number of hydrogen-bond acceptors (Lipinski definition) is 6. The number of methoxy groups -OCH3 is 1. The molecule has 1 aromatic carbocycles. The molecule has 1 heterocycles. The molecule has 0 aliphatic heterocycles. The van der Waals surface area contributed by atoms with Crippen LogP contribution in [0.4, 0.5) is 5.13 Å². The molecule has 0 fully saturated rings. The van der Waals surface area contributed by atoms with E-state index in [1.165, 1.54) is 11.3 Å². The van der Waals surface area contributed by atoms with Gasteiger partial charge in [-0.25, -0.2) is 4.98 Å². The predicted molar refractivity (Wildman–Crippen MR) is 76.7 cm³/mol. The molecule has 0 bridgehead atoms. The second-order valence-electron chi connectivity index (χ2n) is 3.87. The number of nitrogen functional groups attached to an aromatic ring is 1. The van der Waals surface area contributed by atoms with Gasteiger partial charge in [0.1, 0.15) is 18.1 Å². The zero-order chi connectivity index (χ0) is 13.5. The topological polar surface area (TPSA) is 69.4 Å². The number of anilines is 1. The van der Waals surface area contributed by atoms with Crippen molar-refractivity contribution in [3.05, 3.63) is 35.3 Å². The van der Waals surface area contributed by atoms with E-state index in [1.54, 1.807) is 13.3 Å². The number of nitrogens with zero attached hydrogens (tertiary/aromatic N) is 1. The summed E-state index contributed by atoms with van der Waals surface area (Å²) in [6, 6.07) is 7.54. The molecule has 0 radical (unpaired) electrons. The number of nitrogens with one attached hydrogen (secondary N) is 1. The van der Waals surface area contributed by atoms with Crippen molar-refractivity contribution < 1.29 is 9.47 Å². The van der Waals surface area contributed by atoms with Crippen molar-refractivity contribution >= 4 is 16.5 Å². The Labute approximate surface area is 116 Å². The molecule has 102 valence electrons. The van der Waals surface area contributed by atoms with Gasteiger partial charge in [0.2, 0.25) is 0 Å². The van der Waals surface area contributed by atoms with Crippen LogP contribution in [-0.2, 0) is 6.54 Å². The van der Waals surface area contributed by atoms with Crippen LogP contribution in [0.1, 0.15) is 4.88 Å². The van der Waals surface area contributed by atoms with Gasteiger partial charge in [-0.2, -0.15) is 0 Å². The lowest BCUT2D eigenvalue weighted by atomic mass is 10.3. The summed E-state index contributed by atoms with van der Waals surface area (Å²) in [4.78, 5) is 5.12. The van der Waals surface area contributed by atoms with Gasteiger partial charge in [0, 0.05) is 24.2 Å². The fourth-order valence-corrected chi connectivity index (χ4v) is 2.18. The fraction of sp³-hybridized carbons (Fsp3) is 0.308. The second kappa shape index (κ2) is 6.96. The Bertz CT molecular complexity index is 499. The maximum atomic E-state index is 5.59. The summed E-state index contributed by atoms with van der Waals surface area (Å²) in [5.41, 5.74) is 5.55. The number of hydrogen-bond donors (Lipinski definition) is 2. The number of aromatic nitrogens is 1. The summed E-state index contributed by atoms with van der Waals surface area (Å²) in [5.74, 6) is 1.66. The Morgan fingerprint density at radius 2 is 2.00 bits per heavy atom. The minimum absolute atomic E-state index is 0.603. The van der Waals surface area contributed by atoms with E-state index in [9.17, 15) is 0 Å². The first kappa shape index (κ1) is 13.6. The molecule has 6 heteroatoms. The van der Waals surface area contributed by atoms with Gasteiger partial charge >= 0.3 is 0 Å². The zero-order valence-corrected chi connectivity index (χ0v) is 11.6. The fourth-order valence-electron chi connectivity index (χ4n) is 1.53. The number of rotatable bonds is 7. The molecule has 0 unspecified atom stereocenters. The van der Waals surface area contributed by atoms with Crippen LogP contribution < -0.4 is 20.5 Å². The first-order valence-electron chi connectivity index (χ1n) is 5.95. The summed E-state index contributed by atoms with van der Waals surface area (Å²) >= 11 is 1.50. The first-order chi connectivity index (χ1) is 9.28. The molecule has 2 aromatic rings. The molecule has 2 rings (SSSR count). The summed E-state index contributed by atoms with van der Waals surface area (Å²) in [6.45, 7) is 2.14. The monoisotopic (exact) mass is 279 g/mol. The third-order valence-corrected chi connectivity index (χ3v) is 3.30. The molecule has 0 spiro atoms. The largest absolute Gasteiger partial charge is 0.497 e. The second-order valence-corrected chi connectivity index (χ2v) is 5.01. The van der Waals surface area contributed by atoms with Crippen LogP contribution in [0.2, 0.25) is 0 Å². The Balaban J connectivity index is 1.63. The Hall–Kier alpha value is -1.79. The van der Waals surface area contributed by atoms with Crippen molar-refractivity contribution in [1.82, 2.24) is 10.3 Å². The van der Waals surface area contributed by atoms with E-state index in [0.717, 1.165) is 29.5 Å². The lowest BCUT2D eigenvalue weighted by Gasteiger charge is -2.07. The van der Waals surface area contributed by atoms with Crippen molar-refractivity contribution in [2.75, 3.05) is 26.0 Å². The first-order valence-corrected chi connectivity index (χ1v) is 6.77.